The van der Waals surface area contributed by atoms with Crippen LogP contribution in [-0.4, -0.2) is 27.0 Å². The van der Waals surface area contributed by atoms with Crippen LogP contribution in [0, 0.1) is 5.82 Å². The fourth-order valence-corrected chi connectivity index (χ4v) is 2.40. The molecular formula is C18H14FN5O2. The van der Waals surface area contributed by atoms with Crippen molar-refractivity contribution in [2.45, 2.75) is 6.92 Å². The molecule has 3 rings (SSSR count). The first-order valence-corrected chi connectivity index (χ1v) is 7.62. The minimum atomic E-state index is -0.955. The smallest absolute Gasteiger partial charge is 0.270 e. The quantitative estimate of drug-likeness (QED) is 0.750. The van der Waals surface area contributed by atoms with Crippen LogP contribution in [0.4, 0.5) is 10.1 Å². The molecule has 3 N–H and O–H groups in total. The zero-order chi connectivity index (χ0) is 18.7. The summed E-state index contributed by atoms with van der Waals surface area (Å²) in [5.41, 5.74) is 6.90. The zero-order valence-corrected chi connectivity index (χ0v) is 13.7. The molecule has 0 aliphatic heterocycles. The van der Waals surface area contributed by atoms with Gasteiger partial charge in [-0.3, -0.25) is 9.59 Å². The second-order valence-electron chi connectivity index (χ2n) is 5.45. The van der Waals surface area contributed by atoms with Crippen molar-refractivity contribution in [2.24, 2.45) is 5.73 Å². The lowest BCUT2D eigenvalue weighted by Gasteiger charge is -2.07. The molecule has 0 unspecified atom stereocenters. The number of carbonyl (C=O) groups is 2. The molecule has 0 fully saturated rings. The van der Waals surface area contributed by atoms with Gasteiger partial charge in [-0.2, -0.15) is 0 Å². The Hall–Kier alpha value is -3.68. The number of hydrogen-bond donors (Lipinski definition) is 2. The average molecular weight is 351 g/mol. The summed E-state index contributed by atoms with van der Waals surface area (Å²) in [5.74, 6) is -1.97. The Morgan fingerprint density at radius 2 is 1.81 bits per heavy atom. The lowest BCUT2D eigenvalue weighted by Crippen LogP contribution is -2.15. The van der Waals surface area contributed by atoms with Gasteiger partial charge in [-0.25, -0.2) is 9.37 Å². The van der Waals surface area contributed by atoms with Crippen molar-refractivity contribution in [3.05, 3.63) is 60.2 Å². The monoisotopic (exact) mass is 351 g/mol. The first kappa shape index (κ1) is 17.2. The van der Waals surface area contributed by atoms with E-state index in [9.17, 15) is 14.0 Å². The molecule has 7 nitrogen and oxygen atoms in total. The van der Waals surface area contributed by atoms with Gasteiger partial charge in [-0.15, -0.1) is 10.2 Å². The maximum absolute atomic E-state index is 14.3. The lowest BCUT2D eigenvalue weighted by molar-refractivity contribution is -0.114. The summed E-state index contributed by atoms with van der Waals surface area (Å²) in [6, 6.07) is 11.7. The highest BCUT2D eigenvalue weighted by atomic mass is 19.1. The van der Waals surface area contributed by atoms with E-state index in [1.165, 1.54) is 19.2 Å². The van der Waals surface area contributed by atoms with Gasteiger partial charge in [0.15, 0.2) is 11.5 Å². The molecule has 0 bridgehead atoms. The van der Waals surface area contributed by atoms with Crippen LogP contribution in [-0.2, 0) is 4.79 Å². The predicted molar refractivity (Wildman–Crippen MR) is 93.5 cm³/mol. The SMILES string of the molecule is CC(=O)Nc1cccc(-c2ccc(-c3ccnc(C(N)=O)c3F)nn2)c1. The average Bonchev–Trinajstić information content (AvgIpc) is 2.61. The van der Waals surface area contributed by atoms with Crippen LogP contribution in [0.2, 0.25) is 0 Å². The van der Waals surface area contributed by atoms with Crippen molar-refractivity contribution < 1.29 is 14.0 Å². The highest BCUT2D eigenvalue weighted by Crippen LogP contribution is 2.25. The van der Waals surface area contributed by atoms with Crippen LogP contribution in [0.1, 0.15) is 17.4 Å². The topological polar surface area (TPSA) is 111 Å². The molecule has 2 aromatic heterocycles. The number of rotatable bonds is 4. The Labute approximate surface area is 148 Å². The van der Waals surface area contributed by atoms with E-state index < -0.39 is 17.4 Å². The molecule has 3 aromatic rings. The maximum atomic E-state index is 14.3. The van der Waals surface area contributed by atoms with Gasteiger partial charge >= 0.3 is 0 Å². The minimum absolute atomic E-state index is 0.0832. The van der Waals surface area contributed by atoms with E-state index in [1.807, 2.05) is 6.07 Å². The number of benzene rings is 1. The lowest BCUT2D eigenvalue weighted by atomic mass is 10.1. The summed E-state index contributed by atoms with van der Waals surface area (Å²) < 4.78 is 14.3. The second kappa shape index (κ2) is 7.06. The number of carbonyl (C=O) groups excluding carboxylic acids is 2. The summed E-state index contributed by atoms with van der Waals surface area (Å²) in [6.45, 7) is 1.42. The molecule has 0 radical (unpaired) electrons. The Balaban J connectivity index is 1.94. The normalized spacial score (nSPS) is 10.4. The van der Waals surface area contributed by atoms with Crippen molar-refractivity contribution in [3.63, 3.8) is 0 Å². The first-order valence-electron chi connectivity index (χ1n) is 7.62. The molecule has 0 aliphatic rings. The van der Waals surface area contributed by atoms with Crippen LogP contribution in [0.15, 0.2) is 48.7 Å². The van der Waals surface area contributed by atoms with Crippen molar-refractivity contribution in [3.8, 4) is 22.5 Å². The number of nitrogens with one attached hydrogen (secondary N) is 1. The van der Waals surface area contributed by atoms with Gasteiger partial charge < -0.3 is 11.1 Å². The molecule has 2 amide bonds. The number of aromatic nitrogens is 3. The molecule has 8 heteroatoms. The molecule has 0 saturated heterocycles. The molecule has 1 aromatic carbocycles. The van der Waals surface area contributed by atoms with E-state index >= 15 is 0 Å². The molecule has 2 heterocycles. The number of nitrogens with two attached hydrogens (primary N) is 1. The van der Waals surface area contributed by atoms with Crippen molar-refractivity contribution >= 4 is 17.5 Å². The highest BCUT2D eigenvalue weighted by Gasteiger charge is 2.16. The van der Waals surface area contributed by atoms with Gasteiger partial charge in [-0.1, -0.05) is 12.1 Å². The zero-order valence-electron chi connectivity index (χ0n) is 13.7. The van der Waals surface area contributed by atoms with Crippen LogP contribution >= 0.6 is 0 Å². The van der Waals surface area contributed by atoms with Gasteiger partial charge in [0, 0.05) is 29.9 Å². The minimum Gasteiger partial charge on any atom is -0.364 e. The third kappa shape index (κ3) is 3.54. The molecule has 26 heavy (non-hydrogen) atoms. The number of hydrogen-bond acceptors (Lipinski definition) is 5. The van der Waals surface area contributed by atoms with Crippen LogP contribution in [0.5, 0.6) is 0 Å². The number of halogens is 1. The van der Waals surface area contributed by atoms with Gasteiger partial charge in [-0.05, 0) is 30.3 Å². The van der Waals surface area contributed by atoms with Gasteiger partial charge in [0.2, 0.25) is 5.91 Å². The molecular weight excluding hydrogens is 337 g/mol. The maximum Gasteiger partial charge on any atom is 0.270 e. The summed E-state index contributed by atoms with van der Waals surface area (Å²) in [4.78, 5) is 26.0. The van der Waals surface area contributed by atoms with E-state index in [2.05, 4.69) is 20.5 Å². The number of nitrogens with zero attached hydrogens (tertiary/aromatic N) is 3. The van der Waals surface area contributed by atoms with Crippen molar-refractivity contribution in [2.75, 3.05) is 5.32 Å². The van der Waals surface area contributed by atoms with Crippen molar-refractivity contribution in [1.82, 2.24) is 15.2 Å². The Morgan fingerprint density at radius 1 is 1.08 bits per heavy atom. The standard InChI is InChI=1S/C18H14FN5O2/c1-10(25)22-12-4-2-3-11(9-12)14-5-6-15(24-23-14)13-7-8-21-17(16(13)19)18(20)26/h2-9H,1H3,(H2,20,26)(H,22,25). The van der Waals surface area contributed by atoms with E-state index in [4.69, 9.17) is 5.73 Å². The Kier molecular flexibility index (Phi) is 4.66. The molecule has 0 spiro atoms. The first-order chi connectivity index (χ1) is 12.5. The van der Waals surface area contributed by atoms with Gasteiger partial charge in [0.1, 0.15) is 0 Å². The predicted octanol–water partition coefficient (Wildman–Crippen LogP) is 2.40. The van der Waals surface area contributed by atoms with E-state index in [0.29, 0.717) is 11.4 Å². The summed E-state index contributed by atoms with van der Waals surface area (Å²) in [7, 11) is 0. The van der Waals surface area contributed by atoms with Crippen molar-refractivity contribution in [1.29, 1.82) is 0 Å². The fourth-order valence-electron chi connectivity index (χ4n) is 2.40. The number of pyridine rings is 1. The number of primary amides is 1. The summed E-state index contributed by atoms with van der Waals surface area (Å²) in [6.07, 6.45) is 1.28. The second-order valence-corrected chi connectivity index (χ2v) is 5.45. The highest BCUT2D eigenvalue weighted by molar-refractivity contribution is 5.92. The number of anilines is 1. The van der Waals surface area contributed by atoms with Gasteiger partial charge in [0.05, 0.1) is 11.4 Å². The largest absolute Gasteiger partial charge is 0.364 e. The van der Waals surface area contributed by atoms with E-state index in [0.717, 1.165) is 5.56 Å². The third-order valence-electron chi connectivity index (χ3n) is 3.54. The number of amides is 2. The van der Waals surface area contributed by atoms with E-state index in [-0.39, 0.29) is 17.2 Å². The molecule has 0 atom stereocenters. The van der Waals surface area contributed by atoms with Crippen LogP contribution in [0.3, 0.4) is 0 Å². The molecule has 130 valence electrons. The van der Waals surface area contributed by atoms with E-state index in [1.54, 1.807) is 30.3 Å². The Bertz CT molecular complexity index is 989. The Morgan fingerprint density at radius 3 is 2.46 bits per heavy atom. The van der Waals surface area contributed by atoms with Crippen LogP contribution < -0.4 is 11.1 Å². The van der Waals surface area contributed by atoms with Crippen LogP contribution in [0.25, 0.3) is 22.5 Å². The molecule has 0 saturated carbocycles. The third-order valence-corrected chi connectivity index (χ3v) is 3.54. The molecule has 0 aliphatic carbocycles. The summed E-state index contributed by atoms with van der Waals surface area (Å²) >= 11 is 0. The van der Waals surface area contributed by atoms with Gasteiger partial charge in [0.25, 0.3) is 5.91 Å². The summed E-state index contributed by atoms with van der Waals surface area (Å²) in [5, 5.41) is 10.8. The fraction of sp³-hybridized carbons (Fsp3) is 0.0556.